The van der Waals surface area contributed by atoms with E-state index in [2.05, 4.69) is 0 Å². The molecule has 0 atom stereocenters. The van der Waals surface area contributed by atoms with Crippen molar-refractivity contribution < 1.29 is 23.5 Å². The van der Waals surface area contributed by atoms with Crippen LogP contribution in [0.2, 0.25) is 0 Å². The second-order valence-corrected chi connectivity index (χ2v) is 4.91. The number of carbonyl (C=O) groups excluding carboxylic acids is 2. The van der Waals surface area contributed by atoms with Gasteiger partial charge in [-0.1, -0.05) is 60.7 Å². The van der Waals surface area contributed by atoms with E-state index >= 15 is 0 Å². The minimum Gasteiger partial charge on any atom is -0.465 e. The fourth-order valence-corrected chi connectivity index (χ4v) is 2.50. The third-order valence-corrected chi connectivity index (χ3v) is 3.52. The first-order chi connectivity index (χ1) is 11.8. The van der Waals surface area contributed by atoms with Crippen LogP contribution >= 0.6 is 0 Å². The fraction of sp³-hybridized carbons (Fsp3) is 0.0526. The van der Waals surface area contributed by atoms with Crippen LogP contribution in [0.1, 0.15) is 10.4 Å². The van der Waals surface area contributed by atoms with Gasteiger partial charge in [-0.3, -0.25) is 4.79 Å². The molecule has 0 fully saturated rings. The van der Waals surface area contributed by atoms with Crippen molar-refractivity contribution >= 4 is 12.4 Å². The molecule has 5 nitrogen and oxygen atoms in total. The molecule has 1 aromatic heterocycles. The molecule has 0 bridgehead atoms. The van der Waals surface area contributed by atoms with E-state index in [1.165, 1.54) is 7.11 Å². The van der Waals surface area contributed by atoms with Crippen LogP contribution in [0.15, 0.2) is 65.1 Å². The fourth-order valence-electron chi connectivity index (χ4n) is 2.50. The first-order valence-electron chi connectivity index (χ1n) is 7.22. The van der Waals surface area contributed by atoms with E-state index in [4.69, 9.17) is 13.9 Å². The first-order valence-corrected chi connectivity index (χ1v) is 7.22. The average molecular weight is 322 g/mol. The van der Waals surface area contributed by atoms with Gasteiger partial charge in [-0.05, 0) is 5.56 Å². The van der Waals surface area contributed by atoms with E-state index in [0.29, 0.717) is 11.3 Å². The second kappa shape index (κ2) is 6.83. The van der Waals surface area contributed by atoms with E-state index in [1.54, 1.807) is 0 Å². The van der Waals surface area contributed by atoms with Gasteiger partial charge in [-0.15, -0.1) is 0 Å². The van der Waals surface area contributed by atoms with Gasteiger partial charge in [0.05, 0.1) is 7.11 Å². The highest BCUT2D eigenvalue weighted by Crippen LogP contribution is 2.42. The van der Waals surface area contributed by atoms with Gasteiger partial charge in [-0.25, -0.2) is 4.79 Å². The largest absolute Gasteiger partial charge is 0.465 e. The lowest BCUT2D eigenvalue weighted by atomic mass is 9.98. The molecule has 0 saturated heterocycles. The van der Waals surface area contributed by atoms with Crippen LogP contribution in [0.3, 0.4) is 0 Å². The van der Waals surface area contributed by atoms with Crippen molar-refractivity contribution in [3.05, 3.63) is 66.2 Å². The molecule has 24 heavy (non-hydrogen) atoms. The SMILES string of the molecule is COC(=O)c1c(OC=O)oc(-c2ccccc2)c1-c1ccccc1. The Labute approximate surface area is 138 Å². The van der Waals surface area contributed by atoms with Gasteiger partial charge in [-0.2, -0.15) is 0 Å². The highest BCUT2D eigenvalue weighted by molar-refractivity contribution is 6.03. The zero-order valence-corrected chi connectivity index (χ0v) is 12.9. The highest BCUT2D eigenvalue weighted by atomic mass is 16.6. The van der Waals surface area contributed by atoms with E-state index < -0.39 is 5.97 Å². The Morgan fingerprint density at radius 3 is 2.08 bits per heavy atom. The average Bonchev–Trinajstić information content (AvgIpc) is 3.02. The summed E-state index contributed by atoms with van der Waals surface area (Å²) in [6.07, 6.45) is 0. The summed E-state index contributed by atoms with van der Waals surface area (Å²) in [6, 6.07) is 18.5. The Balaban J connectivity index is 2.33. The normalized spacial score (nSPS) is 10.2. The van der Waals surface area contributed by atoms with Gasteiger partial charge in [0.1, 0.15) is 5.76 Å². The maximum absolute atomic E-state index is 12.3. The van der Waals surface area contributed by atoms with E-state index in [9.17, 15) is 9.59 Å². The summed E-state index contributed by atoms with van der Waals surface area (Å²) in [6.45, 7) is 0.217. The number of esters is 1. The van der Waals surface area contributed by atoms with Gasteiger partial charge >= 0.3 is 18.4 Å². The van der Waals surface area contributed by atoms with Crippen molar-refractivity contribution in [1.82, 2.24) is 0 Å². The van der Waals surface area contributed by atoms with Crippen LogP contribution in [0, 0.1) is 0 Å². The molecule has 0 amide bonds. The van der Waals surface area contributed by atoms with Crippen molar-refractivity contribution in [3.8, 4) is 28.4 Å². The Hall–Kier alpha value is -3.34. The van der Waals surface area contributed by atoms with Gasteiger partial charge < -0.3 is 13.9 Å². The maximum atomic E-state index is 12.3. The number of ether oxygens (including phenoxy) is 2. The third-order valence-electron chi connectivity index (χ3n) is 3.52. The standard InChI is InChI=1S/C19H14O5/c1-22-18(21)16-15(13-8-4-2-5-9-13)17(24-19(16)23-12-20)14-10-6-3-7-11-14/h2-12H,1H3. The van der Waals surface area contributed by atoms with Crippen LogP contribution in [-0.4, -0.2) is 19.6 Å². The molecule has 3 aromatic rings. The van der Waals surface area contributed by atoms with Crippen LogP contribution in [0.4, 0.5) is 0 Å². The summed E-state index contributed by atoms with van der Waals surface area (Å²) in [4.78, 5) is 23.1. The van der Waals surface area contributed by atoms with Gasteiger partial charge in [0.15, 0.2) is 5.56 Å². The number of benzene rings is 2. The summed E-state index contributed by atoms with van der Waals surface area (Å²) in [5, 5.41) is 0. The molecule has 0 aliphatic rings. The summed E-state index contributed by atoms with van der Waals surface area (Å²) in [5.74, 6) is -0.398. The van der Waals surface area contributed by atoms with Crippen LogP contribution < -0.4 is 4.74 Å². The number of carbonyl (C=O) groups is 2. The molecule has 5 heteroatoms. The first kappa shape index (κ1) is 15.6. The zero-order valence-electron chi connectivity index (χ0n) is 12.9. The quantitative estimate of drug-likeness (QED) is 0.526. The molecule has 0 N–H and O–H groups in total. The molecule has 0 radical (unpaired) electrons. The lowest BCUT2D eigenvalue weighted by molar-refractivity contribution is -0.121. The lowest BCUT2D eigenvalue weighted by Crippen LogP contribution is -2.04. The van der Waals surface area contributed by atoms with Crippen molar-refractivity contribution in [2.75, 3.05) is 7.11 Å². The van der Waals surface area contributed by atoms with E-state index in [1.807, 2.05) is 60.7 Å². The molecule has 0 aliphatic heterocycles. The second-order valence-electron chi connectivity index (χ2n) is 4.91. The van der Waals surface area contributed by atoms with Gasteiger partial charge in [0, 0.05) is 11.1 Å². The molecule has 2 aromatic carbocycles. The highest BCUT2D eigenvalue weighted by Gasteiger charge is 2.29. The van der Waals surface area contributed by atoms with Crippen molar-refractivity contribution in [2.24, 2.45) is 0 Å². The Bertz CT molecular complexity index is 850. The number of hydrogen-bond acceptors (Lipinski definition) is 5. The van der Waals surface area contributed by atoms with E-state index in [-0.39, 0.29) is 18.0 Å². The molecule has 1 heterocycles. The minimum absolute atomic E-state index is 0.0784. The number of rotatable bonds is 5. The Morgan fingerprint density at radius 2 is 1.54 bits per heavy atom. The summed E-state index contributed by atoms with van der Waals surface area (Å²) in [7, 11) is 1.26. The third kappa shape index (κ3) is 2.79. The van der Waals surface area contributed by atoms with Crippen LogP contribution in [-0.2, 0) is 9.53 Å². The minimum atomic E-state index is -0.642. The van der Waals surface area contributed by atoms with Gasteiger partial charge in [0.2, 0.25) is 0 Å². The summed E-state index contributed by atoms with van der Waals surface area (Å²) < 4.78 is 15.4. The van der Waals surface area contributed by atoms with Crippen molar-refractivity contribution in [1.29, 1.82) is 0 Å². The number of methoxy groups -OCH3 is 1. The number of furan rings is 1. The van der Waals surface area contributed by atoms with Crippen molar-refractivity contribution in [3.63, 3.8) is 0 Å². The maximum Gasteiger partial charge on any atom is 0.345 e. The molecule has 3 rings (SSSR count). The monoisotopic (exact) mass is 322 g/mol. The zero-order chi connectivity index (χ0) is 16.9. The molecule has 120 valence electrons. The Kier molecular flexibility index (Phi) is 4.43. The molecule has 0 unspecified atom stereocenters. The lowest BCUT2D eigenvalue weighted by Gasteiger charge is -2.05. The molecule has 0 spiro atoms. The summed E-state index contributed by atoms with van der Waals surface area (Å²) in [5.41, 5.74) is 2.10. The summed E-state index contributed by atoms with van der Waals surface area (Å²) >= 11 is 0. The molecule has 0 saturated carbocycles. The topological polar surface area (TPSA) is 65.7 Å². The number of hydrogen-bond donors (Lipinski definition) is 0. The van der Waals surface area contributed by atoms with Crippen LogP contribution in [0.5, 0.6) is 5.95 Å². The molecular formula is C19H14O5. The van der Waals surface area contributed by atoms with Gasteiger partial charge in [0.25, 0.3) is 0 Å². The smallest absolute Gasteiger partial charge is 0.345 e. The molecule has 0 aliphatic carbocycles. The predicted molar refractivity (Wildman–Crippen MR) is 87.6 cm³/mol. The van der Waals surface area contributed by atoms with Crippen LogP contribution in [0.25, 0.3) is 22.5 Å². The van der Waals surface area contributed by atoms with Crippen molar-refractivity contribution in [2.45, 2.75) is 0 Å². The predicted octanol–water partition coefficient (Wildman–Crippen LogP) is 3.94. The Morgan fingerprint density at radius 1 is 0.958 bits per heavy atom. The molecular weight excluding hydrogens is 308 g/mol. The van der Waals surface area contributed by atoms with E-state index in [0.717, 1.165) is 11.1 Å².